The lowest BCUT2D eigenvalue weighted by Crippen LogP contribution is -2.26. The van der Waals surface area contributed by atoms with Crippen molar-refractivity contribution in [3.05, 3.63) is 17.5 Å². The minimum Gasteiger partial charge on any atom is -0.327 e. The molecular weight excluding hydrogens is 157 g/mol. The number of alkyl halides is 1. The lowest BCUT2D eigenvalue weighted by atomic mass is 9.99. The molecule has 1 unspecified atom stereocenters. The van der Waals surface area contributed by atoms with Gasteiger partial charge in [-0.05, 0) is 13.8 Å². The molecule has 1 heterocycles. The van der Waals surface area contributed by atoms with Crippen molar-refractivity contribution in [3.8, 4) is 0 Å². The van der Waals surface area contributed by atoms with Crippen molar-refractivity contribution < 1.29 is 4.39 Å². The van der Waals surface area contributed by atoms with Crippen molar-refractivity contribution in [1.29, 1.82) is 0 Å². The van der Waals surface area contributed by atoms with Gasteiger partial charge in [0, 0.05) is 25.4 Å². The Morgan fingerprint density at radius 1 is 1.75 bits per heavy atom. The summed E-state index contributed by atoms with van der Waals surface area (Å²) in [6, 6.07) is 0. The van der Waals surface area contributed by atoms with E-state index in [1.807, 2.05) is 0 Å². The van der Waals surface area contributed by atoms with E-state index in [2.05, 4.69) is 5.10 Å². The molecule has 1 aromatic heterocycles. The Morgan fingerprint density at radius 2 is 2.33 bits per heavy atom. The van der Waals surface area contributed by atoms with Gasteiger partial charge in [0.05, 0.1) is 5.69 Å². The fourth-order valence-corrected chi connectivity index (χ4v) is 1.22. The number of hydrogen-bond donors (Lipinski definition) is 1. The molecule has 1 rings (SSSR count). The van der Waals surface area contributed by atoms with Gasteiger partial charge < -0.3 is 5.73 Å². The van der Waals surface area contributed by atoms with Gasteiger partial charge in [-0.25, -0.2) is 4.39 Å². The molecule has 0 fully saturated rings. The van der Waals surface area contributed by atoms with Crippen LogP contribution in [0.1, 0.15) is 18.2 Å². The third-order valence-corrected chi connectivity index (χ3v) is 1.96. The van der Waals surface area contributed by atoms with Crippen LogP contribution in [0, 0.1) is 6.92 Å². The standard InChI is InChI=1S/C8H14FN3/c1-6-7(4-12(3)11-6)8(2,9)5-10/h4H,5,10H2,1-3H3. The predicted octanol–water partition coefficient (Wildman–Crippen LogP) is 0.872. The topological polar surface area (TPSA) is 43.8 Å². The molecule has 3 nitrogen and oxygen atoms in total. The Hall–Kier alpha value is -0.900. The fraction of sp³-hybridized carbons (Fsp3) is 0.625. The van der Waals surface area contributed by atoms with Gasteiger partial charge in [0.25, 0.3) is 0 Å². The van der Waals surface area contributed by atoms with Gasteiger partial charge in [0.1, 0.15) is 5.67 Å². The second-order valence-corrected chi connectivity index (χ2v) is 3.20. The lowest BCUT2D eigenvalue weighted by molar-refractivity contribution is 0.202. The molecule has 0 aromatic carbocycles. The molecule has 4 heteroatoms. The third kappa shape index (κ3) is 1.48. The predicted molar refractivity (Wildman–Crippen MR) is 45.5 cm³/mol. The molecule has 0 aliphatic heterocycles. The summed E-state index contributed by atoms with van der Waals surface area (Å²) in [4.78, 5) is 0. The highest BCUT2D eigenvalue weighted by atomic mass is 19.1. The van der Waals surface area contributed by atoms with Crippen LogP contribution in [-0.2, 0) is 12.7 Å². The summed E-state index contributed by atoms with van der Waals surface area (Å²) in [6.07, 6.45) is 1.67. The van der Waals surface area contributed by atoms with Gasteiger partial charge in [-0.3, -0.25) is 4.68 Å². The Labute approximate surface area is 71.4 Å². The van der Waals surface area contributed by atoms with E-state index in [9.17, 15) is 4.39 Å². The number of hydrogen-bond acceptors (Lipinski definition) is 2. The van der Waals surface area contributed by atoms with E-state index in [-0.39, 0.29) is 6.54 Å². The highest BCUT2D eigenvalue weighted by Gasteiger charge is 2.27. The van der Waals surface area contributed by atoms with Crippen molar-refractivity contribution in [2.75, 3.05) is 6.54 Å². The summed E-state index contributed by atoms with van der Waals surface area (Å²) in [5, 5.41) is 4.05. The third-order valence-electron chi connectivity index (χ3n) is 1.96. The van der Waals surface area contributed by atoms with E-state index in [0.29, 0.717) is 11.3 Å². The summed E-state index contributed by atoms with van der Waals surface area (Å²) in [5.74, 6) is 0. The van der Waals surface area contributed by atoms with Crippen LogP contribution < -0.4 is 5.73 Å². The van der Waals surface area contributed by atoms with Crippen molar-refractivity contribution in [2.45, 2.75) is 19.5 Å². The normalized spacial score (nSPS) is 16.1. The minimum absolute atomic E-state index is 0.0144. The summed E-state index contributed by atoms with van der Waals surface area (Å²) in [6.45, 7) is 3.24. The number of nitrogens with zero attached hydrogens (tertiary/aromatic N) is 2. The van der Waals surface area contributed by atoms with Crippen LogP contribution in [0.3, 0.4) is 0 Å². The van der Waals surface area contributed by atoms with Gasteiger partial charge in [0.2, 0.25) is 0 Å². The van der Waals surface area contributed by atoms with E-state index >= 15 is 0 Å². The van der Waals surface area contributed by atoms with Crippen LogP contribution in [0.25, 0.3) is 0 Å². The Morgan fingerprint density at radius 3 is 2.67 bits per heavy atom. The van der Waals surface area contributed by atoms with Gasteiger partial charge in [-0.2, -0.15) is 5.10 Å². The Kier molecular flexibility index (Phi) is 2.19. The summed E-state index contributed by atoms with van der Waals surface area (Å²) < 4.78 is 15.2. The quantitative estimate of drug-likeness (QED) is 0.717. The zero-order valence-corrected chi connectivity index (χ0v) is 7.63. The van der Waals surface area contributed by atoms with Crippen LogP contribution in [0.4, 0.5) is 4.39 Å². The first-order valence-electron chi connectivity index (χ1n) is 3.87. The molecular formula is C8H14FN3. The molecule has 0 saturated heterocycles. The molecule has 0 radical (unpaired) electrons. The average Bonchev–Trinajstić information content (AvgIpc) is 2.31. The number of aryl methyl sites for hydroxylation is 2. The molecule has 0 bridgehead atoms. The van der Waals surface area contributed by atoms with Crippen LogP contribution in [-0.4, -0.2) is 16.3 Å². The maximum atomic E-state index is 13.6. The van der Waals surface area contributed by atoms with Crippen molar-refractivity contribution >= 4 is 0 Å². The van der Waals surface area contributed by atoms with E-state index in [1.54, 1.807) is 24.9 Å². The Balaban J connectivity index is 3.09. The zero-order chi connectivity index (χ0) is 9.35. The number of rotatable bonds is 2. The maximum Gasteiger partial charge on any atom is 0.148 e. The van der Waals surface area contributed by atoms with Crippen molar-refractivity contribution in [3.63, 3.8) is 0 Å². The van der Waals surface area contributed by atoms with Crippen molar-refractivity contribution in [1.82, 2.24) is 9.78 Å². The summed E-state index contributed by atoms with van der Waals surface area (Å²) in [7, 11) is 1.77. The monoisotopic (exact) mass is 171 g/mol. The molecule has 12 heavy (non-hydrogen) atoms. The van der Waals surface area contributed by atoms with Crippen LogP contribution in [0.5, 0.6) is 0 Å². The molecule has 0 aliphatic carbocycles. The molecule has 1 aromatic rings. The summed E-state index contributed by atoms with van der Waals surface area (Å²) >= 11 is 0. The van der Waals surface area contributed by atoms with E-state index < -0.39 is 5.67 Å². The maximum absolute atomic E-state index is 13.6. The minimum atomic E-state index is -1.46. The highest BCUT2D eigenvalue weighted by Crippen LogP contribution is 2.25. The first-order valence-corrected chi connectivity index (χ1v) is 3.87. The molecule has 2 N–H and O–H groups in total. The first kappa shape index (κ1) is 9.19. The van der Waals surface area contributed by atoms with Crippen LogP contribution >= 0.6 is 0 Å². The second-order valence-electron chi connectivity index (χ2n) is 3.20. The average molecular weight is 171 g/mol. The van der Waals surface area contributed by atoms with E-state index in [1.165, 1.54) is 6.92 Å². The van der Waals surface area contributed by atoms with Crippen LogP contribution in [0.15, 0.2) is 6.20 Å². The van der Waals surface area contributed by atoms with Crippen molar-refractivity contribution in [2.24, 2.45) is 12.8 Å². The Bertz CT molecular complexity index is 278. The molecule has 0 spiro atoms. The zero-order valence-electron chi connectivity index (χ0n) is 7.63. The van der Waals surface area contributed by atoms with Crippen LogP contribution in [0.2, 0.25) is 0 Å². The van der Waals surface area contributed by atoms with Gasteiger partial charge in [-0.1, -0.05) is 0 Å². The van der Waals surface area contributed by atoms with Gasteiger partial charge in [0.15, 0.2) is 0 Å². The lowest BCUT2D eigenvalue weighted by Gasteiger charge is -2.16. The second kappa shape index (κ2) is 2.86. The molecule has 68 valence electrons. The molecule has 0 aliphatic rings. The molecule has 0 saturated carbocycles. The molecule has 1 atom stereocenters. The number of halogens is 1. The van der Waals surface area contributed by atoms with E-state index in [4.69, 9.17) is 5.73 Å². The van der Waals surface area contributed by atoms with Gasteiger partial charge in [-0.15, -0.1) is 0 Å². The SMILES string of the molecule is Cc1nn(C)cc1C(C)(F)CN. The number of aromatic nitrogens is 2. The largest absolute Gasteiger partial charge is 0.327 e. The van der Waals surface area contributed by atoms with E-state index in [0.717, 1.165) is 0 Å². The van der Waals surface area contributed by atoms with Gasteiger partial charge >= 0.3 is 0 Å². The smallest absolute Gasteiger partial charge is 0.148 e. The summed E-state index contributed by atoms with van der Waals surface area (Å²) in [5.41, 5.74) is 5.12. The molecule has 0 amide bonds. The fourth-order valence-electron chi connectivity index (χ4n) is 1.22. The highest BCUT2D eigenvalue weighted by molar-refractivity contribution is 5.23. The first-order chi connectivity index (χ1) is 5.47. The number of nitrogens with two attached hydrogens (primary N) is 1.